The highest BCUT2D eigenvalue weighted by Crippen LogP contribution is 2.17. The summed E-state index contributed by atoms with van der Waals surface area (Å²) in [6.07, 6.45) is 0.899. The average Bonchev–Trinajstić information content (AvgIpc) is 2.11. The Hall–Kier alpha value is -0.570. The summed E-state index contributed by atoms with van der Waals surface area (Å²) in [5.41, 5.74) is 5.02. The van der Waals surface area contributed by atoms with Crippen LogP contribution in [0.1, 0.15) is 18.1 Å². The second-order valence-electron chi connectivity index (χ2n) is 3.36. The van der Waals surface area contributed by atoms with Crippen LogP contribution in [0.4, 0.5) is 0 Å². The summed E-state index contributed by atoms with van der Waals surface area (Å²) in [5.74, 6) is 5.30. The van der Waals surface area contributed by atoms with Crippen LogP contribution in [-0.4, -0.2) is 6.04 Å². The molecule has 72 valence electrons. The van der Waals surface area contributed by atoms with Gasteiger partial charge in [-0.3, -0.25) is 11.3 Å². The number of hydrogen-bond donors (Lipinski definition) is 2. The molecule has 0 aliphatic rings. The molecule has 0 bridgehead atoms. The maximum absolute atomic E-state index is 5.99. The number of nitrogens with two attached hydrogens (primary N) is 1. The molecule has 0 aliphatic heterocycles. The van der Waals surface area contributed by atoms with Crippen molar-refractivity contribution in [2.75, 3.05) is 0 Å². The van der Waals surface area contributed by atoms with E-state index >= 15 is 0 Å². The minimum Gasteiger partial charge on any atom is -0.271 e. The van der Waals surface area contributed by atoms with E-state index < -0.39 is 0 Å². The maximum Gasteiger partial charge on any atom is 0.0437 e. The van der Waals surface area contributed by atoms with Gasteiger partial charge in [0.25, 0.3) is 0 Å². The first-order valence-electron chi connectivity index (χ1n) is 4.34. The van der Waals surface area contributed by atoms with Gasteiger partial charge >= 0.3 is 0 Å². The molecule has 0 spiro atoms. The Kier molecular flexibility index (Phi) is 3.72. The zero-order chi connectivity index (χ0) is 9.84. The van der Waals surface area contributed by atoms with Gasteiger partial charge in [0.1, 0.15) is 0 Å². The summed E-state index contributed by atoms with van der Waals surface area (Å²) in [4.78, 5) is 0. The third-order valence-corrected chi connectivity index (χ3v) is 2.47. The van der Waals surface area contributed by atoms with Crippen LogP contribution >= 0.6 is 11.6 Å². The van der Waals surface area contributed by atoms with Crippen LogP contribution in [-0.2, 0) is 6.42 Å². The second-order valence-corrected chi connectivity index (χ2v) is 3.76. The van der Waals surface area contributed by atoms with Gasteiger partial charge in [-0.1, -0.05) is 23.7 Å². The van der Waals surface area contributed by atoms with Gasteiger partial charge < -0.3 is 0 Å². The Morgan fingerprint density at radius 3 is 2.77 bits per heavy atom. The van der Waals surface area contributed by atoms with Gasteiger partial charge in [-0.2, -0.15) is 0 Å². The number of rotatable bonds is 3. The van der Waals surface area contributed by atoms with Crippen LogP contribution < -0.4 is 11.3 Å². The van der Waals surface area contributed by atoms with Gasteiger partial charge in [-0.15, -0.1) is 0 Å². The third kappa shape index (κ3) is 2.99. The van der Waals surface area contributed by atoms with Crippen molar-refractivity contribution < 1.29 is 0 Å². The lowest BCUT2D eigenvalue weighted by Gasteiger charge is -2.10. The Labute approximate surface area is 84.1 Å². The van der Waals surface area contributed by atoms with E-state index in [0.717, 1.165) is 17.0 Å². The number of halogens is 1. The number of nitrogens with one attached hydrogen (secondary N) is 1. The third-order valence-electron chi connectivity index (χ3n) is 2.06. The molecule has 0 saturated heterocycles. The zero-order valence-corrected chi connectivity index (χ0v) is 8.73. The van der Waals surface area contributed by atoms with Crippen molar-refractivity contribution in [3.05, 3.63) is 34.3 Å². The molecule has 1 aromatic rings. The molecule has 1 unspecified atom stereocenters. The molecule has 0 fully saturated rings. The zero-order valence-electron chi connectivity index (χ0n) is 7.97. The van der Waals surface area contributed by atoms with Gasteiger partial charge in [0.2, 0.25) is 0 Å². The standard InChI is InChI=1S/C10H15ClN2/c1-7-3-4-9(6-10(7)11)5-8(2)13-12/h3-4,6,8,13H,5,12H2,1-2H3. The van der Waals surface area contributed by atoms with Gasteiger partial charge in [0, 0.05) is 11.1 Å². The molecule has 0 saturated carbocycles. The SMILES string of the molecule is Cc1ccc(CC(C)NN)cc1Cl. The van der Waals surface area contributed by atoms with Gasteiger partial charge in [0.15, 0.2) is 0 Å². The van der Waals surface area contributed by atoms with Gasteiger partial charge in [-0.05, 0) is 37.5 Å². The molecule has 1 aromatic carbocycles. The highest BCUT2D eigenvalue weighted by molar-refractivity contribution is 6.31. The summed E-state index contributed by atoms with van der Waals surface area (Å²) in [7, 11) is 0. The highest BCUT2D eigenvalue weighted by Gasteiger charge is 2.02. The van der Waals surface area contributed by atoms with Crippen LogP contribution in [0.2, 0.25) is 5.02 Å². The molecular formula is C10H15ClN2. The molecule has 1 atom stereocenters. The smallest absolute Gasteiger partial charge is 0.0437 e. The number of aryl methyl sites for hydroxylation is 1. The first-order chi connectivity index (χ1) is 6.13. The van der Waals surface area contributed by atoms with Crippen molar-refractivity contribution in [1.29, 1.82) is 0 Å². The van der Waals surface area contributed by atoms with Crippen LogP contribution in [0.15, 0.2) is 18.2 Å². The first kappa shape index (κ1) is 10.5. The predicted molar refractivity (Wildman–Crippen MR) is 56.7 cm³/mol. The Balaban J connectivity index is 2.73. The van der Waals surface area contributed by atoms with E-state index in [4.69, 9.17) is 17.4 Å². The van der Waals surface area contributed by atoms with Crippen molar-refractivity contribution in [1.82, 2.24) is 5.43 Å². The summed E-state index contributed by atoms with van der Waals surface area (Å²) in [6.45, 7) is 4.03. The quantitative estimate of drug-likeness (QED) is 0.576. The van der Waals surface area contributed by atoms with Crippen LogP contribution in [0.3, 0.4) is 0 Å². The molecular weight excluding hydrogens is 184 g/mol. The van der Waals surface area contributed by atoms with Gasteiger partial charge in [-0.25, -0.2) is 0 Å². The molecule has 3 N–H and O–H groups in total. The van der Waals surface area contributed by atoms with Crippen molar-refractivity contribution in [3.8, 4) is 0 Å². The number of hydrogen-bond acceptors (Lipinski definition) is 2. The summed E-state index contributed by atoms with van der Waals surface area (Å²) in [5, 5.41) is 0.821. The fraction of sp³-hybridized carbons (Fsp3) is 0.400. The molecule has 2 nitrogen and oxygen atoms in total. The maximum atomic E-state index is 5.99. The monoisotopic (exact) mass is 198 g/mol. The van der Waals surface area contributed by atoms with E-state index in [-0.39, 0.29) is 6.04 Å². The Bertz CT molecular complexity index is 286. The van der Waals surface area contributed by atoms with E-state index in [1.54, 1.807) is 0 Å². The molecule has 13 heavy (non-hydrogen) atoms. The highest BCUT2D eigenvalue weighted by atomic mass is 35.5. The molecule has 0 aliphatic carbocycles. The van der Waals surface area contributed by atoms with E-state index in [2.05, 4.69) is 11.5 Å². The minimum atomic E-state index is 0.277. The first-order valence-corrected chi connectivity index (χ1v) is 4.72. The topological polar surface area (TPSA) is 38.0 Å². The Morgan fingerprint density at radius 1 is 1.54 bits per heavy atom. The van der Waals surface area contributed by atoms with E-state index in [1.165, 1.54) is 5.56 Å². The molecule has 0 radical (unpaired) electrons. The minimum absolute atomic E-state index is 0.277. The molecule has 1 rings (SSSR count). The molecule has 0 heterocycles. The van der Waals surface area contributed by atoms with Crippen LogP contribution in [0, 0.1) is 6.92 Å². The van der Waals surface area contributed by atoms with Gasteiger partial charge in [0.05, 0.1) is 0 Å². The lowest BCUT2D eigenvalue weighted by atomic mass is 10.1. The van der Waals surface area contributed by atoms with E-state index in [0.29, 0.717) is 0 Å². The molecule has 3 heteroatoms. The number of hydrazine groups is 1. The van der Waals surface area contributed by atoms with Crippen molar-refractivity contribution in [3.63, 3.8) is 0 Å². The lowest BCUT2D eigenvalue weighted by molar-refractivity contribution is 0.568. The predicted octanol–water partition coefficient (Wildman–Crippen LogP) is 2.04. The fourth-order valence-corrected chi connectivity index (χ4v) is 1.38. The van der Waals surface area contributed by atoms with Crippen LogP contribution in [0.5, 0.6) is 0 Å². The summed E-state index contributed by atoms with van der Waals surface area (Å²) in [6, 6.07) is 6.37. The largest absolute Gasteiger partial charge is 0.271 e. The average molecular weight is 199 g/mol. The lowest BCUT2D eigenvalue weighted by Crippen LogP contribution is -2.34. The molecule has 0 amide bonds. The van der Waals surface area contributed by atoms with E-state index in [1.807, 2.05) is 26.0 Å². The van der Waals surface area contributed by atoms with Crippen molar-refractivity contribution >= 4 is 11.6 Å². The fourth-order valence-electron chi connectivity index (χ4n) is 1.18. The summed E-state index contributed by atoms with van der Waals surface area (Å²) >= 11 is 5.99. The van der Waals surface area contributed by atoms with Crippen molar-refractivity contribution in [2.45, 2.75) is 26.3 Å². The summed E-state index contributed by atoms with van der Waals surface area (Å²) < 4.78 is 0. The Morgan fingerprint density at radius 2 is 2.23 bits per heavy atom. The van der Waals surface area contributed by atoms with E-state index in [9.17, 15) is 0 Å². The van der Waals surface area contributed by atoms with Crippen LogP contribution in [0.25, 0.3) is 0 Å². The van der Waals surface area contributed by atoms with Crippen molar-refractivity contribution in [2.24, 2.45) is 5.84 Å². The second kappa shape index (κ2) is 4.61. The molecule has 0 aromatic heterocycles. The number of benzene rings is 1. The normalized spacial score (nSPS) is 12.9.